The van der Waals surface area contributed by atoms with Crippen molar-refractivity contribution in [3.63, 3.8) is 0 Å². The molecule has 2 aliphatic heterocycles. The summed E-state index contributed by atoms with van der Waals surface area (Å²) in [6, 6.07) is -1.75. The van der Waals surface area contributed by atoms with Gasteiger partial charge in [-0.1, -0.05) is 6.08 Å². The summed E-state index contributed by atoms with van der Waals surface area (Å²) in [6.07, 6.45) is 1.48. The highest BCUT2D eigenvalue weighted by Crippen LogP contribution is 2.23. The van der Waals surface area contributed by atoms with Crippen LogP contribution in [0.1, 0.15) is 13.8 Å². The van der Waals surface area contributed by atoms with Gasteiger partial charge in [0.05, 0.1) is 15.9 Å². The molecular weight excluding hydrogens is 340 g/mol. The van der Waals surface area contributed by atoms with Crippen LogP contribution in [0, 0.1) is 0 Å². The summed E-state index contributed by atoms with van der Waals surface area (Å²) in [5, 5.41) is 0. The van der Waals surface area contributed by atoms with Gasteiger partial charge in [0.15, 0.2) is 11.8 Å². The summed E-state index contributed by atoms with van der Waals surface area (Å²) in [5.41, 5.74) is 0. The van der Waals surface area contributed by atoms with Gasteiger partial charge in [-0.15, -0.1) is 6.58 Å². The number of imide groups is 1. The smallest absolute Gasteiger partial charge is 0.295 e. The maximum atomic E-state index is 12.6. The SMILES string of the molecule is C=CCN1C(=O)C2C(=NC(Br)=[N+]2C(C)C(C)=O)N(C)C1=O. The van der Waals surface area contributed by atoms with Crippen molar-refractivity contribution in [1.82, 2.24) is 9.80 Å². The van der Waals surface area contributed by atoms with Crippen molar-refractivity contribution in [1.29, 1.82) is 0 Å². The topological polar surface area (TPSA) is 73.1 Å². The van der Waals surface area contributed by atoms with Crippen LogP contribution in [0.5, 0.6) is 0 Å². The monoisotopic (exact) mass is 355 g/mol. The third kappa shape index (κ3) is 2.33. The molecule has 21 heavy (non-hydrogen) atoms. The van der Waals surface area contributed by atoms with E-state index in [9.17, 15) is 14.4 Å². The molecule has 0 aliphatic carbocycles. The van der Waals surface area contributed by atoms with Crippen LogP contribution in [0.15, 0.2) is 17.6 Å². The average molecular weight is 356 g/mol. The highest BCUT2D eigenvalue weighted by molar-refractivity contribution is 9.18. The number of rotatable bonds is 4. The Labute approximate surface area is 130 Å². The van der Waals surface area contributed by atoms with E-state index in [1.807, 2.05) is 0 Å². The Kier molecular flexibility index (Phi) is 4.08. The van der Waals surface area contributed by atoms with E-state index < -0.39 is 24.0 Å². The second-order valence-electron chi connectivity index (χ2n) is 4.91. The van der Waals surface area contributed by atoms with E-state index in [0.29, 0.717) is 10.6 Å². The third-order valence-electron chi connectivity index (χ3n) is 3.62. The fraction of sp³-hybridized carbons (Fsp3) is 0.462. The van der Waals surface area contributed by atoms with Crippen molar-refractivity contribution in [2.24, 2.45) is 4.99 Å². The Hall–Kier alpha value is -1.83. The summed E-state index contributed by atoms with van der Waals surface area (Å²) in [4.78, 5) is 43.1. The number of carbonyl (C=O) groups excluding carboxylic acids is 3. The van der Waals surface area contributed by atoms with Crippen LogP contribution >= 0.6 is 15.9 Å². The number of fused-ring (bicyclic) bond motifs is 1. The number of hydrogen-bond donors (Lipinski definition) is 0. The Bertz CT molecular complexity index is 611. The van der Waals surface area contributed by atoms with Gasteiger partial charge in [-0.2, -0.15) is 0 Å². The van der Waals surface area contributed by atoms with Crippen molar-refractivity contribution in [3.05, 3.63) is 12.7 Å². The first-order valence-corrected chi connectivity index (χ1v) is 7.20. The molecule has 2 heterocycles. The molecular formula is C13H16BrN4O3+. The number of hydrogen-bond acceptors (Lipinski definition) is 4. The van der Waals surface area contributed by atoms with Crippen LogP contribution in [-0.4, -0.2) is 68.4 Å². The second-order valence-corrected chi connectivity index (χ2v) is 5.62. The molecule has 2 rings (SSSR count). The molecule has 0 radical (unpaired) electrons. The first kappa shape index (κ1) is 15.6. The quantitative estimate of drug-likeness (QED) is 0.420. The molecule has 112 valence electrons. The maximum Gasteiger partial charge on any atom is 0.365 e. The number of halogens is 1. The lowest BCUT2D eigenvalue weighted by Gasteiger charge is -2.33. The summed E-state index contributed by atoms with van der Waals surface area (Å²) in [7, 11) is 1.55. The Morgan fingerprint density at radius 2 is 2.19 bits per heavy atom. The second kappa shape index (κ2) is 5.51. The fourth-order valence-corrected chi connectivity index (χ4v) is 3.02. The minimum Gasteiger partial charge on any atom is -0.295 e. The molecule has 0 aromatic heterocycles. The molecule has 7 nitrogen and oxygen atoms in total. The lowest BCUT2D eigenvalue weighted by atomic mass is 10.1. The first-order chi connectivity index (χ1) is 9.81. The van der Waals surface area contributed by atoms with Crippen LogP contribution in [0.2, 0.25) is 0 Å². The van der Waals surface area contributed by atoms with E-state index in [-0.39, 0.29) is 12.3 Å². The molecule has 0 aromatic rings. The third-order valence-corrected chi connectivity index (χ3v) is 4.21. The molecule has 0 bridgehead atoms. The molecule has 0 spiro atoms. The number of Topliss-reactive ketones (excluding diaryl/α,β-unsaturated/α-hetero) is 1. The lowest BCUT2D eigenvalue weighted by molar-refractivity contribution is -0.552. The Balaban J connectivity index is 2.48. The van der Waals surface area contributed by atoms with Crippen LogP contribution in [0.4, 0.5) is 4.79 Å². The predicted molar refractivity (Wildman–Crippen MR) is 80.6 cm³/mol. The van der Waals surface area contributed by atoms with E-state index in [2.05, 4.69) is 27.5 Å². The Morgan fingerprint density at radius 1 is 1.57 bits per heavy atom. The predicted octanol–water partition coefficient (Wildman–Crippen LogP) is 0.588. The molecule has 2 atom stereocenters. The zero-order valence-corrected chi connectivity index (χ0v) is 13.6. The zero-order chi connectivity index (χ0) is 15.9. The first-order valence-electron chi connectivity index (χ1n) is 6.41. The maximum absolute atomic E-state index is 12.6. The summed E-state index contributed by atoms with van der Waals surface area (Å²) < 4.78 is 1.96. The van der Waals surface area contributed by atoms with Gasteiger partial charge < -0.3 is 0 Å². The van der Waals surface area contributed by atoms with Gasteiger partial charge in [-0.3, -0.25) is 19.4 Å². The van der Waals surface area contributed by atoms with Gasteiger partial charge in [0, 0.05) is 13.6 Å². The molecule has 8 heteroatoms. The van der Waals surface area contributed by atoms with Crippen molar-refractivity contribution >= 4 is 44.2 Å². The standard InChI is InChI=1S/C13H16BrN4O3/c1-5-6-17-11(20)9-10(16(4)13(17)21)15-12(14)18(9)7(2)8(3)19/h5,7,9H,1,6H2,2-4H3/q+1. The minimum absolute atomic E-state index is 0.0916. The van der Waals surface area contributed by atoms with Crippen molar-refractivity contribution in [2.45, 2.75) is 25.9 Å². The van der Waals surface area contributed by atoms with Gasteiger partial charge in [-0.05, 0) is 18.8 Å². The summed E-state index contributed by atoms with van der Waals surface area (Å²) in [6.45, 7) is 6.82. The molecule has 1 saturated heterocycles. The number of likely N-dealkylation sites (N-methyl/N-ethyl adjacent to an activating group) is 1. The highest BCUT2D eigenvalue weighted by Gasteiger charge is 2.54. The highest BCUT2D eigenvalue weighted by atomic mass is 79.9. The zero-order valence-electron chi connectivity index (χ0n) is 12.0. The Morgan fingerprint density at radius 3 is 2.71 bits per heavy atom. The van der Waals surface area contributed by atoms with Gasteiger partial charge in [0.2, 0.25) is 0 Å². The number of urea groups is 1. The van der Waals surface area contributed by atoms with Crippen molar-refractivity contribution in [2.75, 3.05) is 13.6 Å². The lowest BCUT2D eigenvalue weighted by Crippen LogP contribution is -2.63. The largest absolute Gasteiger partial charge is 0.365 e. The number of amides is 3. The fourth-order valence-electron chi connectivity index (χ4n) is 2.33. The van der Waals surface area contributed by atoms with Gasteiger partial charge >= 0.3 is 10.8 Å². The number of nitrogens with zero attached hydrogens (tertiary/aromatic N) is 4. The number of carbonyl (C=O) groups is 3. The van der Waals surface area contributed by atoms with Crippen LogP contribution < -0.4 is 0 Å². The molecule has 0 aromatic carbocycles. The van der Waals surface area contributed by atoms with Crippen LogP contribution in [0.25, 0.3) is 0 Å². The van der Waals surface area contributed by atoms with Crippen LogP contribution in [0.3, 0.4) is 0 Å². The molecule has 3 amide bonds. The summed E-state index contributed by atoms with van der Waals surface area (Å²) >= 11 is 3.27. The number of amidine groups is 2. The van der Waals surface area contributed by atoms with Crippen molar-refractivity contribution in [3.8, 4) is 0 Å². The average Bonchev–Trinajstić information content (AvgIpc) is 2.77. The summed E-state index contributed by atoms with van der Waals surface area (Å²) in [5.74, 6) is -0.171. The molecule has 1 fully saturated rings. The van der Waals surface area contributed by atoms with E-state index in [0.717, 1.165) is 4.90 Å². The van der Waals surface area contributed by atoms with E-state index in [1.54, 1.807) is 18.5 Å². The van der Waals surface area contributed by atoms with Gasteiger partial charge in [0.1, 0.15) is 0 Å². The van der Waals surface area contributed by atoms with Gasteiger partial charge in [0.25, 0.3) is 17.8 Å². The molecule has 2 unspecified atom stereocenters. The number of ketones is 1. The molecule has 0 N–H and O–H groups in total. The normalized spacial score (nSPS) is 23.2. The minimum atomic E-state index is -0.777. The van der Waals surface area contributed by atoms with Gasteiger partial charge in [-0.25, -0.2) is 9.37 Å². The van der Waals surface area contributed by atoms with Crippen molar-refractivity contribution < 1.29 is 19.0 Å². The van der Waals surface area contributed by atoms with Crippen LogP contribution in [-0.2, 0) is 9.59 Å². The van der Waals surface area contributed by atoms with E-state index in [1.165, 1.54) is 17.9 Å². The van der Waals surface area contributed by atoms with E-state index in [4.69, 9.17) is 0 Å². The van der Waals surface area contributed by atoms with E-state index >= 15 is 0 Å². The number of aliphatic imine (C=N–C) groups is 1. The molecule has 0 saturated carbocycles. The molecule has 2 aliphatic rings.